The van der Waals surface area contributed by atoms with Crippen molar-refractivity contribution >= 4 is 69.6 Å². The molecule has 0 rings (SSSR count). The smallest absolute Gasteiger partial charge is 0.125 e. The average molecular weight is 377 g/mol. The first-order valence-corrected chi connectivity index (χ1v) is 8.80. The third-order valence-corrected chi connectivity index (χ3v) is 4.39. The van der Waals surface area contributed by atoms with Gasteiger partial charge in [0.2, 0.25) is 0 Å². The number of halogens is 6. The summed E-state index contributed by atoms with van der Waals surface area (Å²) in [4.78, 5) is 0. The third-order valence-electron chi connectivity index (χ3n) is 2.66. The van der Waals surface area contributed by atoms with Crippen LogP contribution >= 0.6 is 69.6 Å². The topological polar surface area (TPSA) is 0 Å². The summed E-state index contributed by atoms with van der Waals surface area (Å²) in [7, 11) is 0. The molecule has 0 unspecified atom stereocenters. The standard InChI is InChI=1S/C12H20Cl6/c13-9-11(15)7-5-3-1-2-4-6-10(14)8-12(16,17)18/h10-11H,1-9H2/t10-,11+/m1/s1. The van der Waals surface area contributed by atoms with Crippen molar-refractivity contribution in [2.75, 3.05) is 5.88 Å². The van der Waals surface area contributed by atoms with Gasteiger partial charge in [-0.15, -0.1) is 34.8 Å². The molecular formula is C12H20Cl6. The molecule has 18 heavy (non-hydrogen) atoms. The van der Waals surface area contributed by atoms with Crippen molar-refractivity contribution in [1.29, 1.82) is 0 Å². The van der Waals surface area contributed by atoms with Crippen LogP contribution in [0.4, 0.5) is 0 Å². The van der Waals surface area contributed by atoms with Crippen LogP contribution in [-0.2, 0) is 0 Å². The second-order valence-electron chi connectivity index (χ2n) is 4.51. The Labute approximate surface area is 141 Å². The van der Waals surface area contributed by atoms with Crippen molar-refractivity contribution in [3.8, 4) is 0 Å². The molecule has 0 amide bonds. The van der Waals surface area contributed by atoms with Crippen molar-refractivity contribution in [2.45, 2.75) is 65.9 Å². The lowest BCUT2D eigenvalue weighted by Gasteiger charge is -2.15. The fraction of sp³-hybridized carbons (Fsp3) is 1.00. The van der Waals surface area contributed by atoms with E-state index in [-0.39, 0.29) is 10.8 Å². The average Bonchev–Trinajstić information content (AvgIpc) is 2.25. The molecule has 0 N–H and O–H groups in total. The number of rotatable bonds is 10. The van der Waals surface area contributed by atoms with E-state index in [1.54, 1.807) is 0 Å². The van der Waals surface area contributed by atoms with Gasteiger partial charge in [-0.05, 0) is 12.8 Å². The quantitative estimate of drug-likeness (QED) is 0.286. The number of hydrogen-bond donors (Lipinski definition) is 0. The van der Waals surface area contributed by atoms with E-state index in [9.17, 15) is 0 Å². The maximum Gasteiger partial charge on any atom is 0.192 e. The second-order valence-corrected chi connectivity index (χ2v) is 8.57. The molecule has 0 aromatic carbocycles. The first-order valence-electron chi connectivity index (χ1n) is 6.26. The van der Waals surface area contributed by atoms with Crippen molar-refractivity contribution in [1.82, 2.24) is 0 Å². The molecule has 0 spiro atoms. The lowest BCUT2D eigenvalue weighted by atomic mass is 10.1. The zero-order valence-corrected chi connectivity index (χ0v) is 14.8. The molecule has 0 aliphatic carbocycles. The van der Waals surface area contributed by atoms with Gasteiger partial charge in [0.05, 0.1) is 0 Å². The predicted molar refractivity (Wildman–Crippen MR) is 87.2 cm³/mol. The second kappa shape index (κ2) is 11.4. The van der Waals surface area contributed by atoms with Gasteiger partial charge in [-0.25, -0.2) is 0 Å². The highest BCUT2D eigenvalue weighted by atomic mass is 35.6. The molecule has 2 atom stereocenters. The molecule has 0 aromatic heterocycles. The van der Waals surface area contributed by atoms with Gasteiger partial charge in [-0.2, -0.15) is 0 Å². The molecule has 0 aromatic rings. The van der Waals surface area contributed by atoms with E-state index in [1.165, 1.54) is 12.8 Å². The van der Waals surface area contributed by atoms with Crippen LogP contribution in [0.15, 0.2) is 0 Å². The van der Waals surface area contributed by atoms with Crippen molar-refractivity contribution in [3.05, 3.63) is 0 Å². The van der Waals surface area contributed by atoms with E-state index in [2.05, 4.69) is 0 Å². The minimum absolute atomic E-state index is 0.0547. The van der Waals surface area contributed by atoms with Crippen LogP contribution in [0.3, 0.4) is 0 Å². The number of unbranched alkanes of at least 4 members (excludes halogenated alkanes) is 4. The number of hydrogen-bond acceptors (Lipinski definition) is 0. The predicted octanol–water partition coefficient (Wildman–Crippen LogP) is 6.93. The van der Waals surface area contributed by atoms with Gasteiger partial charge >= 0.3 is 0 Å². The normalized spacial score (nSPS) is 15.7. The minimum atomic E-state index is -1.23. The summed E-state index contributed by atoms with van der Waals surface area (Å²) >= 11 is 34.7. The molecule has 0 fully saturated rings. The van der Waals surface area contributed by atoms with Gasteiger partial charge in [-0.1, -0.05) is 66.9 Å². The van der Waals surface area contributed by atoms with E-state index in [1.807, 2.05) is 0 Å². The Bertz CT molecular complexity index is 191. The highest BCUT2D eigenvalue weighted by Gasteiger charge is 2.23. The molecule has 0 radical (unpaired) electrons. The van der Waals surface area contributed by atoms with Gasteiger partial charge in [0.25, 0.3) is 0 Å². The molecule has 0 saturated carbocycles. The molecule has 0 aliphatic rings. The Morgan fingerprint density at radius 1 is 0.722 bits per heavy atom. The molecule has 0 saturated heterocycles. The Hall–Kier alpha value is 1.74. The Balaban J connectivity index is 3.30. The van der Waals surface area contributed by atoms with Gasteiger partial charge in [-0.3, -0.25) is 0 Å². The minimum Gasteiger partial charge on any atom is -0.125 e. The zero-order valence-electron chi connectivity index (χ0n) is 10.3. The SMILES string of the molecule is ClC[C@@H](Cl)CCCCCCC[C@@H](Cl)CC(Cl)(Cl)Cl. The maximum absolute atomic E-state index is 6.08. The summed E-state index contributed by atoms with van der Waals surface area (Å²) in [5, 5.41) is 0.0594. The van der Waals surface area contributed by atoms with Crippen LogP contribution < -0.4 is 0 Å². The van der Waals surface area contributed by atoms with Gasteiger partial charge in [0, 0.05) is 23.1 Å². The first-order chi connectivity index (χ1) is 8.35. The monoisotopic (exact) mass is 374 g/mol. The molecular weight excluding hydrogens is 357 g/mol. The first kappa shape index (κ1) is 19.7. The van der Waals surface area contributed by atoms with E-state index in [4.69, 9.17) is 69.6 Å². The molecule has 0 aliphatic heterocycles. The lowest BCUT2D eigenvalue weighted by molar-refractivity contribution is 0.562. The molecule has 0 bridgehead atoms. The van der Waals surface area contributed by atoms with Gasteiger partial charge < -0.3 is 0 Å². The van der Waals surface area contributed by atoms with Crippen molar-refractivity contribution in [2.24, 2.45) is 0 Å². The molecule has 6 heteroatoms. The summed E-state index contributed by atoms with van der Waals surface area (Å²) < 4.78 is -1.23. The summed E-state index contributed by atoms with van der Waals surface area (Å²) in [6, 6.07) is 0. The van der Waals surface area contributed by atoms with Crippen molar-refractivity contribution in [3.63, 3.8) is 0 Å². The largest absolute Gasteiger partial charge is 0.192 e. The lowest BCUT2D eigenvalue weighted by Crippen LogP contribution is -2.11. The van der Waals surface area contributed by atoms with Crippen LogP contribution in [-0.4, -0.2) is 20.4 Å². The Morgan fingerprint density at radius 3 is 1.61 bits per heavy atom. The van der Waals surface area contributed by atoms with E-state index in [0.717, 1.165) is 32.1 Å². The Morgan fingerprint density at radius 2 is 1.17 bits per heavy atom. The van der Waals surface area contributed by atoms with Gasteiger partial charge in [0.15, 0.2) is 3.79 Å². The summed E-state index contributed by atoms with van der Waals surface area (Å²) in [5.41, 5.74) is 0. The van der Waals surface area contributed by atoms with Crippen LogP contribution in [0.1, 0.15) is 51.4 Å². The highest BCUT2D eigenvalue weighted by molar-refractivity contribution is 6.67. The summed E-state index contributed by atoms with van der Waals surface area (Å²) in [5.74, 6) is 0.534. The van der Waals surface area contributed by atoms with E-state index < -0.39 is 3.79 Å². The fourth-order valence-corrected chi connectivity index (χ4v) is 3.18. The van der Waals surface area contributed by atoms with Crippen LogP contribution in [0.5, 0.6) is 0 Å². The summed E-state index contributed by atoms with van der Waals surface area (Å²) in [6.07, 6.45) is 8.07. The summed E-state index contributed by atoms with van der Waals surface area (Å²) in [6.45, 7) is 0. The molecule has 0 heterocycles. The van der Waals surface area contributed by atoms with Gasteiger partial charge in [0.1, 0.15) is 0 Å². The zero-order chi connectivity index (χ0) is 14.0. The highest BCUT2D eigenvalue weighted by Crippen LogP contribution is 2.34. The van der Waals surface area contributed by atoms with Crippen LogP contribution in [0, 0.1) is 0 Å². The number of alkyl halides is 6. The fourth-order valence-electron chi connectivity index (χ4n) is 1.69. The van der Waals surface area contributed by atoms with Crippen LogP contribution in [0.2, 0.25) is 0 Å². The third kappa shape index (κ3) is 14.2. The maximum atomic E-state index is 6.08. The molecule has 110 valence electrons. The van der Waals surface area contributed by atoms with E-state index >= 15 is 0 Å². The Kier molecular flexibility index (Phi) is 12.5. The van der Waals surface area contributed by atoms with Crippen LogP contribution in [0.25, 0.3) is 0 Å². The van der Waals surface area contributed by atoms with E-state index in [0.29, 0.717) is 12.3 Å². The van der Waals surface area contributed by atoms with Crippen molar-refractivity contribution < 1.29 is 0 Å². The molecule has 0 nitrogen and oxygen atoms in total.